The molecule has 0 saturated carbocycles. The molecule has 1 aromatic heterocycles. The van der Waals surface area contributed by atoms with Crippen molar-refractivity contribution in [3.8, 4) is 0 Å². The van der Waals surface area contributed by atoms with E-state index in [0.717, 1.165) is 18.2 Å². The summed E-state index contributed by atoms with van der Waals surface area (Å²) in [6, 6.07) is 3.08. The van der Waals surface area contributed by atoms with E-state index in [0.29, 0.717) is 0 Å². The number of benzene rings is 1. The van der Waals surface area contributed by atoms with Crippen LogP contribution in [0, 0.1) is 15.9 Å². The predicted molar refractivity (Wildman–Crippen MR) is 68.5 cm³/mol. The summed E-state index contributed by atoms with van der Waals surface area (Å²) < 4.78 is 14.4. The van der Waals surface area contributed by atoms with Gasteiger partial charge in [-0.1, -0.05) is 5.21 Å². The summed E-state index contributed by atoms with van der Waals surface area (Å²) in [4.78, 5) is 20.8. The van der Waals surface area contributed by atoms with Gasteiger partial charge in [0.15, 0.2) is 5.69 Å². The zero-order valence-corrected chi connectivity index (χ0v) is 10.6. The Bertz CT molecular complexity index is 687. The highest BCUT2D eigenvalue weighted by atomic mass is 19.1. The smallest absolute Gasteiger partial charge is 0.358 e. The third-order valence-corrected chi connectivity index (χ3v) is 2.57. The average Bonchev–Trinajstić information content (AvgIpc) is 2.87. The largest absolute Gasteiger partial charge is 0.476 e. The maximum Gasteiger partial charge on any atom is 0.358 e. The normalized spacial score (nSPS) is 10.3. The molecule has 9 nitrogen and oxygen atoms in total. The SMILES string of the molecule is O=C(O)c1cn(CCNc2cc(F)ccc2[N+](=O)[O-])nn1. The van der Waals surface area contributed by atoms with Crippen molar-refractivity contribution in [1.29, 1.82) is 0 Å². The highest BCUT2D eigenvalue weighted by Gasteiger charge is 2.14. The van der Waals surface area contributed by atoms with Crippen molar-refractivity contribution in [3.05, 3.63) is 46.0 Å². The first-order valence-corrected chi connectivity index (χ1v) is 5.78. The molecule has 21 heavy (non-hydrogen) atoms. The van der Waals surface area contributed by atoms with E-state index < -0.39 is 16.7 Å². The summed E-state index contributed by atoms with van der Waals surface area (Å²) in [6.07, 6.45) is 1.23. The summed E-state index contributed by atoms with van der Waals surface area (Å²) in [6.45, 7) is 0.403. The number of hydrogen-bond acceptors (Lipinski definition) is 6. The van der Waals surface area contributed by atoms with Gasteiger partial charge in [-0.2, -0.15) is 0 Å². The third-order valence-electron chi connectivity index (χ3n) is 2.57. The van der Waals surface area contributed by atoms with Crippen LogP contribution in [0.25, 0.3) is 0 Å². The lowest BCUT2D eigenvalue weighted by molar-refractivity contribution is -0.384. The molecule has 0 aliphatic carbocycles. The summed E-state index contributed by atoms with van der Waals surface area (Å²) >= 11 is 0. The number of carboxylic acids is 1. The Morgan fingerprint density at radius 2 is 2.29 bits per heavy atom. The van der Waals surface area contributed by atoms with Gasteiger partial charge in [0.05, 0.1) is 17.7 Å². The topological polar surface area (TPSA) is 123 Å². The van der Waals surface area contributed by atoms with E-state index >= 15 is 0 Å². The van der Waals surface area contributed by atoms with E-state index in [2.05, 4.69) is 15.6 Å². The second-order valence-corrected chi connectivity index (χ2v) is 4.02. The van der Waals surface area contributed by atoms with Crippen molar-refractivity contribution in [2.24, 2.45) is 0 Å². The number of nitrogens with one attached hydrogen (secondary N) is 1. The maximum atomic E-state index is 13.1. The van der Waals surface area contributed by atoms with Crippen molar-refractivity contribution < 1.29 is 19.2 Å². The number of halogens is 1. The number of nitro groups is 1. The first kappa shape index (κ1) is 14.4. The lowest BCUT2D eigenvalue weighted by Gasteiger charge is -2.06. The van der Waals surface area contributed by atoms with Gasteiger partial charge in [-0.05, 0) is 6.07 Å². The first-order valence-electron chi connectivity index (χ1n) is 5.78. The predicted octanol–water partition coefficient (Wildman–Crippen LogP) is 1.14. The first-order chi connectivity index (χ1) is 9.97. The summed E-state index contributed by atoms with van der Waals surface area (Å²) in [5.74, 6) is -1.80. The van der Waals surface area contributed by atoms with Gasteiger partial charge in [0.2, 0.25) is 0 Å². The molecule has 110 valence electrons. The summed E-state index contributed by atoms with van der Waals surface area (Å²) in [7, 11) is 0. The molecule has 2 rings (SSSR count). The molecular weight excluding hydrogens is 285 g/mol. The summed E-state index contributed by atoms with van der Waals surface area (Å²) in [5, 5.41) is 29.2. The van der Waals surface area contributed by atoms with E-state index in [1.807, 2.05) is 0 Å². The highest BCUT2D eigenvalue weighted by Crippen LogP contribution is 2.24. The van der Waals surface area contributed by atoms with Crippen molar-refractivity contribution in [2.75, 3.05) is 11.9 Å². The van der Waals surface area contributed by atoms with E-state index in [4.69, 9.17) is 5.11 Å². The Morgan fingerprint density at radius 3 is 2.90 bits per heavy atom. The Kier molecular flexibility index (Phi) is 4.07. The van der Waals surface area contributed by atoms with Crippen molar-refractivity contribution in [1.82, 2.24) is 15.0 Å². The van der Waals surface area contributed by atoms with Crippen LogP contribution in [-0.4, -0.2) is 37.5 Å². The molecule has 0 fully saturated rings. The molecule has 0 aliphatic heterocycles. The van der Waals surface area contributed by atoms with Gasteiger partial charge in [0, 0.05) is 18.7 Å². The fourth-order valence-corrected chi connectivity index (χ4v) is 1.62. The van der Waals surface area contributed by atoms with Crippen LogP contribution in [0.15, 0.2) is 24.4 Å². The number of aromatic carboxylic acids is 1. The van der Waals surface area contributed by atoms with Crippen molar-refractivity contribution in [2.45, 2.75) is 6.54 Å². The van der Waals surface area contributed by atoms with E-state index in [1.165, 1.54) is 10.9 Å². The van der Waals surface area contributed by atoms with Gasteiger partial charge in [0.1, 0.15) is 11.5 Å². The molecule has 1 heterocycles. The highest BCUT2D eigenvalue weighted by molar-refractivity contribution is 5.84. The van der Waals surface area contributed by atoms with Crippen LogP contribution in [0.1, 0.15) is 10.5 Å². The molecule has 0 unspecified atom stereocenters. The van der Waals surface area contributed by atoms with Gasteiger partial charge in [0.25, 0.3) is 5.69 Å². The van der Waals surface area contributed by atoms with Crippen molar-refractivity contribution in [3.63, 3.8) is 0 Å². The van der Waals surface area contributed by atoms with Crippen LogP contribution < -0.4 is 5.32 Å². The molecule has 0 atom stereocenters. The molecule has 2 N–H and O–H groups in total. The number of nitrogens with zero attached hydrogens (tertiary/aromatic N) is 4. The van der Waals surface area contributed by atoms with Crippen LogP contribution in [0.5, 0.6) is 0 Å². The van der Waals surface area contributed by atoms with Gasteiger partial charge in [-0.15, -0.1) is 5.10 Å². The van der Waals surface area contributed by atoms with Crippen LogP contribution in [0.3, 0.4) is 0 Å². The molecule has 0 spiro atoms. The van der Waals surface area contributed by atoms with E-state index in [-0.39, 0.29) is 30.2 Å². The Balaban J connectivity index is 2.01. The summed E-state index contributed by atoms with van der Waals surface area (Å²) in [5.41, 5.74) is -0.411. The van der Waals surface area contributed by atoms with Gasteiger partial charge in [-0.3, -0.25) is 10.1 Å². The Hall–Kier alpha value is -3.04. The van der Waals surface area contributed by atoms with Crippen LogP contribution in [0.2, 0.25) is 0 Å². The number of carboxylic acid groups (broad SMARTS) is 1. The zero-order chi connectivity index (χ0) is 15.4. The maximum absolute atomic E-state index is 13.1. The third kappa shape index (κ3) is 3.49. The molecule has 0 aliphatic rings. The fourth-order valence-electron chi connectivity index (χ4n) is 1.62. The molecule has 0 amide bonds. The second kappa shape index (κ2) is 5.94. The number of hydrogen-bond donors (Lipinski definition) is 2. The van der Waals surface area contributed by atoms with Crippen LogP contribution >= 0.6 is 0 Å². The minimum Gasteiger partial charge on any atom is -0.476 e. The zero-order valence-electron chi connectivity index (χ0n) is 10.6. The number of aromatic nitrogens is 3. The number of nitro benzene ring substituents is 1. The van der Waals surface area contributed by atoms with Crippen LogP contribution in [-0.2, 0) is 6.54 Å². The minimum absolute atomic E-state index is 0.0403. The molecule has 2 aromatic rings. The molecule has 0 saturated heterocycles. The number of carbonyl (C=O) groups is 1. The monoisotopic (exact) mass is 295 g/mol. The Morgan fingerprint density at radius 1 is 1.52 bits per heavy atom. The number of rotatable bonds is 6. The number of anilines is 1. The molecular formula is C11H10FN5O4. The molecule has 1 aromatic carbocycles. The van der Waals surface area contributed by atoms with Gasteiger partial charge >= 0.3 is 5.97 Å². The second-order valence-electron chi connectivity index (χ2n) is 4.02. The van der Waals surface area contributed by atoms with Gasteiger partial charge < -0.3 is 10.4 Å². The quantitative estimate of drug-likeness (QED) is 0.604. The molecule has 0 radical (unpaired) electrons. The molecule has 0 bridgehead atoms. The molecule has 10 heteroatoms. The standard InChI is InChI=1S/C11H10FN5O4/c12-7-1-2-10(17(20)21)8(5-7)13-3-4-16-6-9(11(18)19)14-15-16/h1-2,5-6,13H,3-4H2,(H,18,19). The minimum atomic E-state index is -1.20. The van der Waals surface area contributed by atoms with E-state index in [9.17, 15) is 19.3 Å². The fraction of sp³-hybridized carbons (Fsp3) is 0.182. The van der Waals surface area contributed by atoms with Gasteiger partial charge in [-0.25, -0.2) is 13.9 Å². The lowest BCUT2D eigenvalue weighted by Crippen LogP contribution is -2.12. The van der Waals surface area contributed by atoms with E-state index in [1.54, 1.807) is 0 Å². The van der Waals surface area contributed by atoms with Crippen molar-refractivity contribution >= 4 is 17.3 Å². The lowest BCUT2D eigenvalue weighted by atomic mass is 10.2. The Labute approximate surface area is 117 Å². The average molecular weight is 295 g/mol. The van der Waals surface area contributed by atoms with Crippen LogP contribution in [0.4, 0.5) is 15.8 Å².